The maximum atomic E-state index is 13.7. The van der Waals surface area contributed by atoms with Crippen LogP contribution in [0.25, 0.3) is 34.1 Å². The van der Waals surface area contributed by atoms with Crippen LogP contribution in [-0.4, -0.2) is 61.1 Å². The molecule has 0 aliphatic rings. The van der Waals surface area contributed by atoms with E-state index in [2.05, 4.69) is 35.7 Å². The van der Waals surface area contributed by atoms with Gasteiger partial charge in [0.2, 0.25) is 0 Å². The van der Waals surface area contributed by atoms with Crippen LogP contribution in [0, 0.1) is 4.78 Å². The van der Waals surface area contributed by atoms with E-state index in [1.165, 1.54) is 35.5 Å². The number of nitrogens with one attached hydrogen (secondary N) is 1. The van der Waals surface area contributed by atoms with E-state index in [-0.39, 0.29) is 39.2 Å². The minimum absolute atomic E-state index is 0.0367. The van der Waals surface area contributed by atoms with Crippen LogP contribution in [0.4, 0.5) is 22.0 Å². The molecule has 34 heavy (non-hydrogen) atoms. The summed E-state index contributed by atoms with van der Waals surface area (Å²) in [5, 5.41) is 17.6. The fraction of sp³-hybridized carbons (Fsp3) is 0.353. The first-order chi connectivity index (χ1) is 15.8. The van der Waals surface area contributed by atoms with Gasteiger partial charge in [0.05, 0.1) is 14.6 Å². The highest BCUT2D eigenvalue weighted by atomic mass is 32.2. The number of tetrazole rings is 1. The average molecular weight is 502 g/mol. The molecule has 0 bridgehead atoms. The lowest BCUT2D eigenvalue weighted by molar-refractivity contribution is -0.291. The molecule has 0 saturated heterocycles. The number of halogens is 5. The quantitative estimate of drug-likeness (QED) is 0.411. The zero-order valence-corrected chi connectivity index (χ0v) is 18.5. The molecule has 0 fully saturated rings. The third kappa shape index (κ3) is 3.64. The highest BCUT2D eigenvalue weighted by molar-refractivity contribution is 7.92. The normalized spacial score (nSPS) is 14.5. The van der Waals surface area contributed by atoms with Gasteiger partial charge < -0.3 is 4.57 Å². The van der Waals surface area contributed by atoms with Crippen LogP contribution < -0.4 is 0 Å². The predicted octanol–water partition coefficient (Wildman–Crippen LogP) is 2.70. The van der Waals surface area contributed by atoms with Gasteiger partial charge in [-0.25, -0.2) is 18.7 Å². The van der Waals surface area contributed by atoms with E-state index in [1.54, 1.807) is 7.05 Å². The molecule has 11 nitrogen and oxygen atoms in total. The van der Waals surface area contributed by atoms with Crippen LogP contribution in [0.15, 0.2) is 23.2 Å². The Hall–Kier alpha value is -3.63. The van der Waals surface area contributed by atoms with Crippen LogP contribution in [-0.2, 0) is 29.7 Å². The fourth-order valence-corrected chi connectivity index (χ4v) is 4.20. The number of pyridine rings is 1. The van der Waals surface area contributed by atoms with E-state index in [0.29, 0.717) is 11.6 Å². The van der Waals surface area contributed by atoms with Crippen molar-refractivity contribution in [3.05, 3.63) is 24.0 Å². The first-order valence-electron chi connectivity index (χ1n) is 9.42. The summed E-state index contributed by atoms with van der Waals surface area (Å²) in [6.07, 6.45) is -4.53. The van der Waals surface area contributed by atoms with Crippen molar-refractivity contribution in [1.29, 1.82) is 4.78 Å². The van der Waals surface area contributed by atoms with Crippen molar-refractivity contribution in [1.82, 2.24) is 44.9 Å². The Morgan fingerprint density at radius 2 is 1.76 bits per heavy atom. The first-order valence-corrected chi connectivity index (χ1v) is 11.2. The van der Waals surface area contributed by atoms with Crippen molar-refractivity contribution in [3.63, 3.8) is 0 Å². The van der Waals surface area contributed by atoms with E-state index < -0.39 is 27.5 Å². The second-order valence-electron chi connectivity index (χ2n) is 7.17. The smallest absolute Gasteiger partial charge is 0.309 e. The molecule has 0 aliphatic carbocycles. The average Bonchev–Trinajstić information content (AvgIpc) is 3.35. The zero-order valence-electron chi connectivity index (χ0n) is 17.7. The van der Waals surface area contributed by atoms with E-state index in [9.17, 15) is 26.2 Å². The number of hydrogen-bond donors (Lipinski definition) is 1. The molecule has 180 valence electrons. The third-order valence-electron chi connectivity index (χ3n) is 5.00. The molecule has 1 unspecified atom stereocenters. The van der Waals surface area contributed by atoms with Gasteiger partial charge in [0, 0.05) is 31.6 Å². The minimum atomic E-state index is -5.87. The summed E-state index contributed by atoms with van der Waals surface area (Å²) in [7, 11) is -0.431. The third-order valence-corrected chi connectivity index (χ3v) is 6.83. The van der Waals surface area contributed by atoms with Gasteiger partial charge in [-0.2, -0.15) is 22.0 Å². The van der Waals surface area contributed by atoms with Gasteiger partial charge in [0.15, 0.2) is 17.3 Å². The van der Waals surface area contributed by atoms with Gasteiger partial charge in [-0.1, -0.05) is 6.92 Å². The molecule has 0 radical (unpaired) electrons. The number of nitrogens with zero attached hydrogens (tertiary/aromatic N) is 9. The summed E-state index contributed by atoms with van der Waals surface area (Å²) < 4.78 is 89.7. The molecule has 17 heteroatoms. The van der Waals surface area contributed by atoms with Crippen molar-refractivity contribution in [2.45, 2.75) is 23.9 Å². The highest BCUT2D eigenvalue weighted by Gasteiger charge is 2.60. The topological polar surface area (TPSA) is 141 Å². The Labute approximate surface area is 188 Å². The van der Waals surface area contributed by atoms with Crippen molar-refractivity contribution in [3.8, 4) is 22.9 Å². The standard InChI is InChI=1S/C17H15F5N10OS/c1-4-34(23,33)10-5-8(13-28-29-30-32(13)3)7-24-12(10)15-25-9-6-11(16(18,19)17(20,21)22)26-27-14(9)31(15)2/h5-7,23H,4H2,1-3H3. The summed E-state index contributed by atoms with van der Waals surface area (Å²) in [5.74, 6) is -5.10. The zero-order chi connectivity index (χ0) is 25.1. The Bertz CT molecular complexity index is 1510. The second kappa shape index (κ2) is 7.71. The number of imidazole rings is 1. The molecule has 0 aromatic carbocycles. The predicted molar refractivity (Wildman–Crippen MR) is 107 cm³/mol. The Morgan fingerprint density at radius 3 is 2.35 bits per heavy atom. The Kier molecular flexibility index (Phi) is 5.34. The van der Waals surface area contributed by atoms with E-state index in [0.717, 1.165) is 0 Å². The molecule has 0 amide bonds. The molecule has 0 spiro atoms. The summed E-state index contributed by atoms with van der Waals surface area (Å²) >= 11 is 0. The highest BCUT2D eigenvalue weighted by Crippen LogP contribution is 2.43. The van der Waals surface area contributed by atoms with Crippen molar-refractivity contribution in [2.24, 2.45) is 14.1 Å². The van der Waals surface area contributed by atoms with Crippen LogP contribution in [0.3, 0.4) is 0 Å². The summed E-state index contributed by atoms with van der Waals surface area (Å²) in [6, 6.07) is 1.89. The molecule has 4 rings (SSSR count). The number of rotatable bonds is 5. The van der Waals surface area contributed by atoms with Crippen LogP contribution in [0.1, 0.15) is 12.6 Å². The second-order valence-corrected chi connectivity index (χ2v) is 9.53. The SMILES string of the molecule is CCS(=N)(=O)c1cc(-c2nnnn2C)cnc1-c1nc2cc(C(F)(F)C(F)(F)F)nnc2n1C. The van der Waals surface area contributed by atoms with E-state index in [4.69, 9.17) is 4.78 Å². The lowest BCUT2D eigenvalue weighted by Crippen LogP contribution is -2.34. The lowest BCUT2D eigenvalue weighted by Gasteiger charge is -2.17. The maximum Gasteiger partial charge on any atom is 0.459 e. The van der Waals surface area contributed by atoms with Crippen molar-refractivity contribution >= 4 is 20.9 Å². The molecule has 4 aromatic rings. The maximum absolute atomic E-state index is 13.7. The van der Waals surface area contributed by atoms with Gasteiger partial charge in [-0.3, -0.25) is 4.98 Å². The van der Waals surface area contributed by atoms with Gasteiger partial charge >= 0.3 is 12.1 Å². The molecule has 4 aromatic heterocycles. The first kappa shape index (κ1) is 23.5. The fourth-order valence-electron chi connectivity index (χ4n) is 3.11. The number of fused-ring (bicyclic) bond motifs is 1. The molecule has 4 heterocycles. The molecule has 1 N–H and O–H groups in total. The van der Waals surface area contributed by atoms with Crippen LogP contribution in [0.5, 0.6) is 0 Å². The number of alkyl halides is 5. The lowest BCUT2D eigenvalue weighted by atomic mass is 10.2. The summed E-state index contributed by atoms with van der Waals surface area (Å²) in [5.41, 5.74) is -1.73. The van der Waals surface area contributed by atoms with Gasteiger partial charge in [-0.15, -0.1) is 15.3 Å². The van der Waals surface area contributed by atoms with Gasteiger partial charge in [0.25, 0.3) is 0 Å². The largest absolute Gasteiger partial charge is 0.459 e. The monoisotopic (exact) mass is 502 g/mol. The number of hydrogen-bond acceptors (Lipinski definition) is 9. The van der Waals surface area contributed by atoms with Crippen molar-refractivity contribution in [2.75, 3.05) is 5.75 Å². The molecule has 0 saturated carbocycles. The van der Waals surface area contributed by atoms with Gasteiger partial charge in [0.1, 0.15) is 16.9 Å². The summed E-state index contributed by atoms with van der Waals surface area (Å²) in [6.45, 7) is 1.53. The van der Waals surface area contributed by atoms with Crippen molar-refractivity contribution < 1.29 is 26.2 Å². The van der Waals surface area contributed by atoms with E-state index >= 15 is 0 Å². The molecular weight excluding hydrogens is 487 g/mol. The van der Waals surface area contributed by atoms with Crippen LogP contribution in [0.2, 0.25) is 0 Å². The van der Waals surface area contributed by atoms with E-state index in [1.807, 2.05) is 0 Å². The Balaban J connectivity index is 1.93. The molecule has 0 aliphatic heterocycles. The molecule has 1 atom stereocenters. The van der Waals surface area contributed by atoms with Gasteiger partial charge in [-0.05, 0) is 22.6 Å². The van der Waals surface area contributed by atoms with Crippen LogP contribution >= 0.6 is 0 Å². The minimum Gasteiger partial charge on any atom is -0.309 e. The number of aromatic nitrogens is 9. The number of aryl methyl sites for hydroxylation is 2. The Morgan fingerprint density at radius 1 is 1.06 bits per heavy atom. The molecular formula is C17H15F5N10OS. The summed E-state index contributed by atoms with van der Waals surface area (Å²) in [4.78, 5) is 8.32.